The molecule has 1 aromatic carbocycles. The fraction of sp³-hybridized carbons (Fsp3) is 0.316. The van der Waals surface area contributed by atoms with Crippen molar-refractivity contribution in [2.45, 2.75) is 18.8 Å². The molecule has 0 N–H and O–H groups in total. The molecule has 1 aliphatic carbocycles. The number of methoxy groups -OCH3 is 1. The highest BCUT2D eigenvalue weighted by Gasteiger charge is 2.32. The van der Waals surface area contributed by atoms with Crippen molar-refractivity contribution in [3.63, 3.8) is 0 Å². The van der Waals surface area contributed by atoms with Crippen molar-refractivity contribution in [2.75, 3.05) is 13.9 Å². The van der Waals surface area contributed by atoms with Gasteiger partial charge in [-0.3, -0.25) is 4.68 Å². The highest BCUT2D eigenvalue weighted by molar-refractivity contribution is 6.05. The van der Waals surface area contributed by atoms with Crippen molar-refractivity contribution in [3.8, 4) is 22.8 Å². The van der Waals surface area contributed by atoms with E-state index in [-0.39, 0.29) is 12.8 Å². The van der Waals surface area contributed by atoms with E-state index in [1.165, 1.54) is 7.11 Å². The van der Waals surface area contributed by atoms with E-state index >= 15 is 0 Å². The number of pyridine rings is 1. The molecule has 0 atom stereocenters. The number of fused-ring (bicyclic) bond motifs is 2. The molecule has 5 rings (SSSR count). The third-order valence-corrected chi connectivity index (χ3v) is 4.86. The maximum atomic E-state index is 12.5. The van der Waals surface area contributed by atoms with Crippen LogP contribution in [0.3, 0.4) is 0 Å². The monoisotopic (exact) mass is 351 g/mol. The molecule has 0 saturated heterocycles. The number of carbonyl (C=O) groups excluding carboxylic acids is 1. The van der Waals surface area contributed by atoms with E-state index in [9.17, 15) is 4.79 Å². The quantitative estimate of drug-likeness (QED) is 0.675. The van der Waals surface area contributed by atoms with E-state index in [1.54, 1.807) is 10.7 Å². The number of carbonyl (C=O) groups is 1. The van der Waals surface area contributed by atoms with E-state index in [0.717, 1.165) is 29.5 Å². The Morgan fingerprint density at radius 3 is 2.81 bits per heavy atom. The summed E-state index contributed by atoms with van der Waals surface area (Å²) >= 11 is 0. The summed E-state index contributed by atoms with van der Waals surface area (Å²) in [6.07, 6.45) is 2.19. The maximum Gasteiger partial charge on any atom is 0.338 e. The summed E-state index contributed by atoms with van der Waals surface area (Å²) in [7, 11) is 3.24. The molecule has 0 bridgehead atoms. The Labute approximate surface area is 149 Å². The lowest BCUT2D eigenvalue weighted by atomic mass is 10.0. The van der Waals surface area contributed by atoms with E-state index < -0.39 is 0 Å². The number of hydrogen-bond acceptors (Lipinski definition) is 6. The summed E-state index contributed by atoms with van der Waals surface area (Å²) in [6, 6.07) is 7.40. The van der Waals surface area contributed by atoms with Crippen LogP contribution in [0.1, 0.15) is 34.8 Å². The molecule has 132 valence electrons. The van der Waals surface area contributed by atoms with E-state index in [2.05, 4.69) is 5.10 Å². The van der Waals surface area contributed by atoms with Gasteiger partial charge in [-0.2, -0.15) is 5.10 Å². The van der Waals surface area contributed by atoms with E-state index in [1.807, 2.05) is 25.2 Å². The fourth-order valence-corrected chi connectivity index (χ4v) is 3.39. The van der Waals surface area contributed by atoms with Crippen LogP contribution in [0.25, 0.3) is 22.3 Å². The van der Waals surface area contributed by atoms with Gasteiger partial charge in [-0.05, 0) is 37.1 Å². The molecular formula is C19H17N3O4. The van der Waals surface area contributed by atoms with Crippen LogP contribution in [0.15, 0.2) is 24.3 Å². The van der Waals surface area contributed by atoms with Crippen molar-refractivity contribution in [1.29, 1.82) is 0 Å². The Morgan fingerprint density at radius 2 is 2.04 bits per heavy atom. The number of nitrogens with zero attached hydrogens (tertiary/aromatic N) is 3. The topological polar surface area (TPSA) is 75.5 Å². The maximum absolute atomic E-state index is 12.5. The summed E-state index contributed by atoms with van der Waals surface area (Å²) < 4.78 is 17.6. The summed E-state index contributed by atoms with van der Waals surface area (Å²) in [5, 5.41) is 5.42. The summed E-state index contributed by atoms with van der Waals surface area (Å²) in [6.45, 7) is 0.213. The van der Waals surface area contributed by atoms with Gasteiger partial charge in [0.25, 0.3) is 0 Å². The minimum absolute atomic E-state index is 0.213. The van der Waals surface area contributed by atoms with Crippen LogP contribution in [-0.4, -0.2) is 34.6 Å². The van der Waals surface area contributed by atoms with Gasteiger partial charge < -0.3 is 14.2 Å². The third kappa shape index (κ3) is 2.23. The minimum atomic E-state index is -0.380. The lowest BCUT2D eigenvalue weighted by Crippen LogP contribution is -2.05. The largest absolute Gasteiger partial charge is 0.465 e. The second kappa shape index (κ2) is 5.45. The van der Waals surface area contributed by atoms with Crippen LogP contribution in [0, 0.1) is 0 Å². The fourth-order valence-electron chi connectivity index (χ4n) is 3.39. The first kappa shape index (κ1) is 15.2. The first-order valence-electron chi connectivity index (χ1n) is 8.51. The molecule has 0 spiro atoms. The molecule has 0 unspecified atom stereocenters. The van der Waals surface area contributed by atoms with Gasteiger partial charge in [0.2, 0.25) is 6.79 Å². The molecule has 2 aromatic heterocycles. The van der Waals surface area contributed by atoms with Crippen molar-refractivity contribution in [3.05, 3.63) is 35.5 Å². The Hall–Kier alpha value is -3.09. The number of ether oxygens (including phenoxy) is 3. The molecule has 3 heterocycles. The zero-order chi connectivity index (χ0) is 17.8. The first-order valence-corrected chi connectivity index (χ1v) is 8.51. The van der Waals surface area contributed by atoms with Crippen molar-refractivity contribution in [1.82, 2.24) is 14.8 Å². The summed E-state index contributed by atoms with van der Waals surface area (Å²) in [5.74, 6) is 1.40. The van der Waals surface area contributed by atoms with Gasteiger partial charge in [-0.15, -0.1) is 0 Å². The molecule has 7 heteroatoms. The lowest BCUT2D eigenvalue weighted by molar-refractivity contribution is 0.0603. The standard InChI is InChI=1S/C19H17N3O4/c1-22-18-16(17(21-22)10-3-4-10)12(19(23)24-2)8-13(20-18)11-5-6-14-15(7-11)26-9-25-14/h5-8,10H,3-4,9H2,1-2H3. The van der Waals surface area contributed by atoms with Crippen molar-refractivity contribution in [2.24, 2.45) is 7.05 Å². The van der Waals surface area contributed by atoms with Crippen molar-refractivity contribution < 1.29 is 19.0 Å². The van der Waals surface area contributed by atoms with Crippen molar-refractivity contribution >= 4 is 17.0 Å². The Kier molecular flexibility index (Phi) is 3.19. The average Bonchev–Trinajstić information content (AvgIpc) is 3.31. The highest BCUT2D eigenvalue weighted by atomic mass is 16.7. The molecule has 7 nitrogen and oxygen atoms in total. The summed E-state index contributed by atoms with van der Waals surface area (Å²) in [4.78, 5) is 17.2. The van der Waals surface area contributed by atoms with Gasteiger partial charge in [-0.1, -0.05) is 0 Å². The summed E-state index contributed by atoms with van der Waals surface area (Å²) in [5.41, 5.74) is 3.63. The molecule has 2 aliphatic rings. The second-order valence-electron chi connectivity index (χ2n) is 6.60. The zero-order valence-electron chi connectivity index (χ0n) is 14.5. The van der Waals surface area contributed by atoms with Gasteiger partial charge in [0.05, 0.1) is 29.4 Å². The number of rotatable bonds is 3. The second-order valence-corrected chi connectivity index (χ2v) is 6.60. The Bertz CT molecular complexity index is 1050. The lowest BCUT2D eigenvalue weighted by Gasteiger charge is -2.08. The average molecular weight is 351 g/mol. The van der Waals surface area contributed by atoms with Gasteiger partial charge in [0, 0.05) is 18.5 Å². The molecule has 1 fully saturated rings. The molecule has 0 amide bonds. The predicted octanol–water partition coefficient (Wildman–Crippen LogP) is 3.03. The van der Waals surface area contributed by atoms with Gasteiger partial charge in [-0.25, -0.2) is 9.78 Å². The molecule has 3 aromatic rings. The zero-order valence-corrected chi connectivity index (χ0v) is 14.5. The SMILES string of the molecule is COC(=O)c1cc(-c2ccc3c(c2)OCO3)nc2c1c(C1CC1)nn2C. The number of aromatic nitrogens is 3. The van der Waals surface area contributed by atoms with E-state index in [0.29, 0.717) is 34.3 Å². The van der Waals surface area contributed by atoms with Gasteiger partial charge in [0.15, 0.2) is 17.1 Å². The smallest absolute Gasteiger partial charge is 0.338 e. The van der Waals surface area contributed by atoms with Gasteiger partial charge >= 0.3 is 5.97 Å². The first-order chi connectivity index (χ1) is 12.7. The minimum Gasteiger partial charge on any atom is -0.465 e. The molecule has 1 saturated carbocycles. The number of benzene rings is 1. The van der Waals surface area contributed by atoms with Crippen LogP contribution in [0.4, 0.5) is 0 Å². The Balaban J connectivity index is 1.74. The number of esters is 1. The van der Waals surface area contributed by atoms with Gasteiger partial charge in [0.1, 0.15) is 0 Å². The molecule has 26 heavy (non-hydrogen) atoms. The van der Waals surface area contributed by atoms with Crippen LogP contribution in [0.5, 0.6) is 11.5 Å². The highest BCUT2D eigenvalue weighted by Crippen LogP contribution is 2.44. The van der Waals surface area contributed by atoms with E-state index in [4.69, 9.17) is 19.2 Å². The Morgan fingerprint density at radius 1 is 1.23 bits per heavy atom. The van der Waals surface area contributed by atoms with Crippen LogP contribution in [0.2, 0.25) is 0 Å². The normalized spacial score (nSPS) is 15.5. The number of aryl methyl sites for hydroxylation is 1. The number of hydrogen-bond donors (Lipinski definition) is 0. The molecule has 1 aliphatic heterocycles. The van der Waals surface area contributed by atoms with Crippen LogP contribution >= 0.6 is 0 Å². The molecule has 0 radical (unpaired) electrons. The van der Waals surface area contributed by atoms with Crippen LogP contribution in [-0.2, 0) is 11.8 Å². The third-order valence-electron chi connectivity index (χ3n) is 4.86. The van der Waals surface area contributed by atoms with Crippen LogP contribution < -0.4 is 9.47 Å². The molecular weight excluding hydrogens is 334 g/mol. The predicted molar refractivity (Wildman–Crippen MR) is 93.4 cm³/mol.